The Morgan fingerprint density at radius 1 is 1.45 bits per heavy atom. The summed E-state index contributed by atoms with van der Waals surface area (Å²) in [5.41, 5.74) is 6.25. The number of rotatable bonds is 3. The largest absolute Gasteiger partial charge is 0.398 e. The quantitative estimate of drug-likeness (QED) is 0.592. The number of ether oxygens (including phenoxy) is 1. The predicted octanol–water partition coefficient (Wildman–Crippen LogP) is 3.12. The van der Waals surface area contributed by atoms with Gasteiger partial charge in [-0.25, -0.2) is 8.42 Å². The summed E-state index contributed by atoms with van der Waals surface area (Å²) in [7, 11) is -3.61. The molecule has 20 heavy (non-hydrogen) atoms. The zero-order valence-corrected chi connectivity index (χ0v) is 15.0. The van der Waals surface area contributed by atoms with E-state index in [9.17, 15) is 8.42 Å². The molecule has 0 saturated carbocycles. The number of nitrogen functional groups attached to an aromatic ring is 1. The number of hydrogen-bond donors (Lipinski definition) is 1. The second kappa shape index (κ2) is 5.62. The fourth-order valence-corrected chi connectivity index (χ4v) is 6.15. The molecule has 2 N–H and O–H groups in total. The van der Waals surface area contributed by atoms with Crippen LogP contribution in [0.5, 0.6) is 0 Å². The maximum Gasteiger partial charge on any atom is 0.186 e. The van der Waals surface area contributed by atoms with E-state index < -0.39 is 14.6 Å². The van der Waals surface area contributed by atoms with Crippen LogP contribution in [-0.2, 0) is 14.6 Å². The van der Waals surface area contributed by atoms with E-state index in [1.54, 1.807) is 19.9 Å². The molecule has 0 aromatic heterocycles. The third kappa shape index (κ3) is 2.55. The lowest BCUT2D eigenvalue weighted by Gasteiger charge is -2.31. The third-order valence-corrected chi connectivity index (χ3v) is 8.59. The first-order valence-corrected chi connectivity index (χ1v) is 9.19. The third-order valence-electron chi connectivity index (χ3n) is 3.95. The van der Waals surface area contributed by atoms with Gasteiger partial charge in [-0.1, -0.05) is 11.6 Å². The van der Waals surface area contributed by atoms with Crippen LogP contribution in [0.15, 0.2) is 17.0 Å². The van der Waals surface area contributed by atoms with E-state index in [4.69, 9.17) is 22.1 Å². The van der Waals surface area contributed by atoms with Crippen molar-refractivity contribution in [2.45, 2.75) is 29.9 Å². The Morgan fingerprint density at radius 2 is 2.10 bits per heavy atom. The van der Waals surface area contributed by atoms with Crippen molar-refractivity contribution in [1.82, 2.24) is 0 Å². The first kappa shape index (κ1) is 16.3. The summed E-state index contributed by atoms with van der Waals surface area (Å²) in [5, 5.41) is 0.218. The minimum absolute atomic E-state index is 0.0409. The Morgan fingerprint density at radius 3 is 2.65 bits per heavy atom. The SMILES string of the molecule is CC(C)([C@H]1CCOC1)S(=O)(=O)c1c(Cl)ccc(N)c1I. The van der Waals surface area contributed by atoms with Crippen LogP contribution < -0.4 is 5.73 Å². The number of hydrogen-bond acceptors (Lipinski definition) is 4. The standard InChI is InChI=1S/C13H17ClINO3S/c1-13(2,8-5-6-19-7-8)20(17,18)12-9(14)3-4-10(16)11(12)15/h3-4,8H,5-7,16H2,1-2H3/t8-/m0/s1. The van der Waals surface area contributed by atoms with Crippen molar-refractivity contribution in [1.29, 1.82) is 0 Å². The molecular weight excluding hydrogens is 413 g/mol. The molecule has 1 atom stereocenters. The van der Waals surface area contributed by atoms with Crippen molar-refractivity contribution >= 4 is 49.7 Å². The van der Waals surface area contributed by atoms with Gasteiger partial charge in [-0.05, 0) is 55.0 Å². The van der Waals surface area contributed by atoms with Crippen molar-refractivity contribution in [3.8, 4) is 0 Å². The summed E-state index contributed by atoms with van der Waals surface area (Å²) >= 11 is 8.07. The summed E-state index contributed by atoms with van der Waals surface area (Å²) in [5.74, 6) is -0.0409. The second-order valence-corrected chi connectivity index (χ2v) is 9.40. The topological polar surface area (TPSA) is 69.4 Å². The average molecular weight is 430 g/mol. The van der Waals surface area contributed by atoms with Gasteiger partial charge in [0.15, 0.2) is 9.84 Å². The molecule has 0 aliphatic carbocycles. The molecule has 0 unspecified atom stereocenters. The van der Waals surface area contributed by atoms with Gasteiger partial charge in [-0.15, -0.1) is 0 Å². The summed E-state index contributed by atoms with van der Waals surface area (Å²) in [4.78, 5) is 0.136. The maximum atomic E-state index is 13.0. The van der Waals surface area contributed by atoms with Crippen LogP contribution in [0, 0.1) is 9.49 Å². The Kier molecular flexibility index (Phi) is 4.59. The summed E-state index contributed by atoms with van der Waals surface area (Å²) in [6.07, 6.45) is 0.739. The van der Waals surface area contributed by atoms with Crippen LogP contribution in [0.25, 0.3) is 0 Å². The highest BCUT2D eigenvalue weighted by Crippen LogP contribution is 2.41. The molecule has 0 bridgehead atoms. The molecular formula is C13H17ClINO3S. The highest BCUT2D eigenvalue weighted by Gasteiger charge is 2.46. The molecule has 0 spiro atoms. The minimum Gasteiger partial charge on any atom is -0.398 e. The first-order valence-electron chi connectivity index (χ1n) is 6.25. The summed E-state index contributed by atoms with van der Waals surface area (Å²) in [6.45, 7) is 4.53. The second-order valence-electron chi connectivity index (χ2n) is 5.45. The van der Waals surface area contributed by atoms with Gasteiger partial charge in [0.1, 0.15) is 4.90 Å². The number of halogens is 2. The summed E-state index contributed by atoms with van der Waals surface area (Å²) in [6, 6.07) is 3.15. The fraction of sp³-hybridized carbons (Fsp3) is 0.538. The molecule has 4 nitrogen and oxygen atoms in total. The average Bonchev–Trinajstić information content (AvgIpc) is 2.88. The molecule has 1 aliphatic rings. The molecule has 1 saturated heterocycles. The van der Waals surface area contributed by atoms with Crippen molar-refractivity contribution in [3.63, 3.8) is 0 Å². The minimum atomic E-state index is -3.61. The van der Waals surface area contributed by atoms with E-state index in [0.29, 0.717) is 22.5 Å². The lowest BCUT2D eigenvalue weighted by Crippen LogP contribution is -2.41. The molecule has 1 aromatic rings. The first-order chi connectivity index (χ1) is 9.19. The zero-order valence-electron chi connectivity index (χ0n) is 11.3. The highest BCUT2D eigenvalue weighted by atomic mass is 127. The van der Waals surface area contributed by atoms with Crippen LogP contribution in [0.1, 0.15) is 20.3 Å². The van der Waals surface area contributed by atoms with Crippen molar-refractivity contribution in [3.05, 3.63) is 20.7 Å². The molecule has 0 radical (unpaired) electrons. The Hall–Kier alpha value is -0.0500. The molecule has 1 fully saturated rings. The smallest absolute Gasteiger partial charge is 0.186 e. The van der Waals surface area contributed by atoms with Gasteiger partial charge < -0.3 is 10.5 Å². The van der Waals surface area contributed by atoms with Crippen LogP contribution in [0.4, 0.5) is 5.69 Å². The van der Waals surface area contributed by atoms with Crippen LogP contribution in [0.3, 0.4) is 0 Å². The number of anilines is 1. The van der Waals surface area contributed by atoms with Gasteiger partial charge in [0.05, 0.1) is 19.9 Å². The van der Waals surface area contributed by atoms with E-state index >= 15 is 0 Å². The summed E-state index contributed by atoms with van der Waals surface area (Å²) < 4.78 is 30.9. The lowest BCUT2D eigenvalue weighted by molar-refractivity contribution is 0.179. The van der Waals surface area contributed by atoms with E-state index in [0.717, 1.165) is 6.42 Å². The van der Waals surface area contributed by atoms with Gasteiger partial charge in [0, 0.05) is 18.2 Å². The van der Waals surface area contributed by atoms with Gasteiger partial charge in [-0.3, -0.25) is 0 Å². The highest BCUT2D eigenvalue weighted by molar-refractivity contribution is 14.1. The number of benzene rings is 1. The van der Waals surface area contributed by atoms with Crippen molar-refractivity contribution in [2.75, 3.05) is 18.9 Å². The Balaban J connectivity index is 2.58. The monoisotopic (exact) mass is 429 g/mol. The number of sulfone groups is 1. The molecule has 1 aliphatic heterocycles. The Labute approximate surface area is 138 Å². The zero-order chi connectivity index (χ0) is 15.1. The molecule has 2 rings (SSSR count). The van der Waals surface area contributed by atoms with Crippen LogP contribution in [0.2, 0.25) is 5.02 Å². The molecule has 1 heterocycles. The predicted molar refractivity (Wildman–Crippen MR) is 88.8 cm³/mol. The maximum absolute atomic E-state index is 13.0. The Bertz CT molecular complexity index is 625. The van der Waals surface area contributed by atoms with Gasteiger partial charge in [0.2, 0.25) is 0 Å². The van der Waals surface area contributed by atoms with Crippen molar-refractivity contribution in [2.24, 2.45) is 5.92 Å². The van der Waals surface area contributed by atoms with Crippen LogP contribution >= 0.6 is 34.2 Å². The van der Waals surface area contributed by atoms with Crippen LogP contribution in [-0.4, -0.2) is 26.4 Å². The van der Waals surface area contributed by atoms with Gasteiger partial charge in [-0.2, -0.15) is 0 Å². The normalized spacial score (nSPS) is 20.3. The van der Waals surface area contributed by atoms with Gasteiger partial charge >= 0.3 is 0 Å². The van der Waals surface area contributed by atoms with Gasteiger partial charge in [0.25, 0.3) is 0 Å². The van der Waals surface area contributed by atoms with E-state index in [1.807, 2.05) is 22.6 Å². The van der Waals surface area contributed by atoms with Crippen molar-refractivity contribution < 1.29 is 13.2 Å². The molecule has 112 valence electrons. The lowest BCUT2D eigenvalue weighted by atomic mass is 9.94. The van der Waals surface area contributed by atoms with E-state index in [2.05, 4.69) is 0 Å². The van der Waals surface area contributed by atoms with E-state index in [1.165, 1.54) is 6.07 Å². The molecule has 1 aromatic carbocycles. The number of nitrogens with two attached hydrogens (primary N) is 1. The molecule has 0 amide bonds. The fourth-order valence-electron chi connectivity index (χ4n) is 2.36. The molecule has 7 heteroatoms. The van der Waals surface area contributed by atoms with E-state index in [-0.39, 0.29) is 15.8 Å².